The third-order valence-electron chi connectivity index (χ3n) is 4.00. The van der Waals surface area contributed by atoms with Gasteiger partial charge in [-0.25, -0.2) is 0 Å². The van der Waals surface area contributed by atoms with Crippen molar-refractivity contribution in [2.45, 2.75) is 37.8 Å². The van der Waals surface area contributed by atoms with E-state index in [9.17, 15) is 5.11 Å². The second-order valence-corrected chi connectivity index (χ2v) is 5.45. The van der Waals surface area contributed by atoms with Crippen molar-refractivity contribution in [3.8, 4) is 5.75 Å². The van der Waals surface area contributed by atoms with E-state index in [1.165, 1.54) is 12.0 Å². The van der Waals surface area contributed by atoms with E-state index in [-0.39, 0.29) is 6.10 Å². The van der Waals surface area contributed by atoms with Crippen LogP contribution in [0.5, 0.6) is 5.75 Å². The predicted octanol–water partition coefficient (Wildman–Crippen LogP) is 1.31. The molecule has 1 saturated carbocycles. The number of aromatic nitrogens is 1. The zero-order valence-electron chi connectivity index (χ0n) is 10.7. The number of aliphatic hydroxyl groups excluding tert-OH is 1. The minimum Gasteiger partial charge on any atom is -0.490 e. The van der Waals surface area contributed by atoms with Gasteiger partial charge in [-0.15, -0.1) is 0 Å². The number of nitrogens with one attached hydrogen (secondary N) is 1. The minimum atomic E-state index is -0.223. The standard InChI is InChI=1S/C14H20N2O2/c1-9(17)13-5-14(13)10-4-12(7-15-6-10)18-8-11-2-3-16-11/h4,6-7,9,11,13-14,16-17H,2-3,5,8H2,1H3/t9-,11-,13-,14?/m0/s1. The fraction of sp³-hybridized carbons (Fsp3) is 0.643. The highest BCUT2D eigenvalue weighted by Gasteiger charge is 2.41. The quantitative estimate of drug-likeness (QED) is 0.825. The molecule has 4 atom stereocenters. The van der Waals surface area contributed by atoms with Crippen molar-refractivity contribution in [2.75, 3.05) is 13.2 Å². The molecule has 18 heavy (non-hydrogen) atoms. The highest BCUT2D eigenvalue weighted by molar-refractivity contribution is 5.30. The summed E-state index contributed by atoms with van der Waals surface area (Å²) in [5, 5.41) is 12.9. The number of pyridine rings is 1. The van der Waals surface area contributed by atoms with E-state index in [2.05, 4.69) is 16.4 Å². The van der Waals surface area contributed by atoms with Gasteiger partial charge in [0.05, 0.1) is 12.3 Å². The average Bonchev–Trinajstić information content (AvgIpc) is 3.07. The molecule has 2 heterocycles. The molecule has 98 valence electrons. The predicted molar refractivity (Wildman–Crippen MR) is 68.7 cm³/mol. The van der Waals surface area contributed by atoms with Gasteiger partial charge in [-0.2, -0.15) is 0 Å². The third kappa shape index (κ3) is 2.49. The van der Waals surface area contributed by atoms with Gasteiger partial charge in [0.25, 0.3) is 0 Å². The molecule has 1 aliphatic carbocycles. The molecule has 1 saturated heterocycles. The van der Waals surface area contributed by atoms with Gasteiger partial charge in [-0.3, -0.25) is 4.98 Å². The fourth-order valence-corrected chi connectivity index (χ4v) is 2.54. The Hall–Kier alpha value is -1.13. The van der Waals surface area contributed by atoms with Crippen LogP contribution in [0.25, 0.3) is 0 Å². The highest BCUT2D eigenvalue weighted by atomic mass is 16.5. The van der Waals surface area contributed by atoms with Crippen LogP contribution in [-0.2, 0) is 0 Å². The monoisotopic (exact) mass is 248 g/mol. The van der Waals surface area contributed by atoms with Gasteiger partial charge < -0.3 is 15.2 Å². The van der Waals surface area contributed by atoms with Gasteiger partial charge in [-0.05, 0) is 49.8 Å². The normalized spacial score (nSPS) is 31.6. The summed E-state index contributed by atoms with van der Waals surface area (Å²) in [4.78, 5) is 4.23. The number of nitrogens with zero attached hydrogens (tertiary/aromatic N) is 1. The Bertz CT molecular complexity index is 418. The maximum absolute atomic E-state index is 9.55. The van der Waals surface area contributed by atoms with E-state index in [1.54, 1.807) is 6.20 Å². The number of ether oxygens (including phenoxy) is 1. The van der Waals surface area contributed by atoms with Crippen molar-refractivity contribution < 1.29 is 9.84 Å². The summed E-state index contributed by atoms with van der Waals surface area (Å²) in [6.07, 6.45) is 5.69. The molecule has 4 heteroatoms. The number of rotatable bonds is 5. The van der Waals surface area contributed by atoms with E-state index in [1.807, 2.05) is 13.1 Å². The fourth-order valence-electron chi connectivity index (χ4n) is 2.54. The summed E-state index contributed by atoms with van der Waals surface area (Å²) in [6.45, 7) is 3.68. The van der Waals surface area contributed by atoms with Crippen LogP contribution < -0.4 is 10.1 Å². The minimum absolute atomic E-state index is 0.223. The SMILES string of the molecule is C[C@H](O)[C@@H]1CC1c1cncc(OC[C@@H]2CCN2)c1. The van der Waals surface area contributed by atoms with Crippen molar-refractivity contribution in [2.24, 2.45) is 5.92 Å². The van der Waals surface area contributed by atoms with Crippen LogP contribution in [0.4, 0.5) is 0 Å². The molecule has 0 amide bonds. The lowest BCUT2D eigenvalue weighted by Crippen LogP contribution is -2.46. The van der Waals surface area contributed by atoms with Crippen molar-refractivity contribution in [1.82, 2.24) is 10.3 Å². The molecule has 2 N–H and O–H groups in total. The smallest absolute Gasteiger partial charge is 0.137 e. The Morgan fingerprint density at radius 2 is 2.39 bits per heavy atom. The van der Waals surface area contributed by atoms with Gasteiger partial charge in [0.15, 0.2) is 0 Å². The molecular formula is C14H20N2O2. The first-order valence-corrected chi connectivity index (χ1v) is 6.73. The molecule has 0 radical (unpaired) electrons. The molecule has 3 rings (SSSR count). The second kappa shape index (κ2) is 4.86. The molecule has 0 spiro atoms. The second-order valence-electron chi connectivity index (χ2n) is 5.45. The molecule has 0 bridgehead atoms. The highest BCUT2D eigenvalue weighted by Crippen LogP contribution is 2.49. The summed E-state index contributed by atoms with van der Waals surface area (Å²) in [7, 11) is 0. The number of hydrogen-bond donors (Lipinski definition) is 2. The Kier molecular flexibility index (Phi) is 3.22. The van der Waals surface area contributed by atoms with Crippen molar-refractivity contribution in [3.05, 3.63) is 24.0 Å². The van der Waals surface area contributed by atoms with E-state index in [0.717, 1.165) is 25.3 Å². The van der Waals surface area contributed by atoms with E-state index in [0.29, 0.717) is 17.9 Å². The molecule has 4 nitrogen and oxygen atoms in total. The average molecular weight is 248 g/mol. The van der Waals surface area contributed by atoms with Gasteiger partial charge in [0, 0.05) is 12.2 Å². The summed E-state index contributed by atoms with van der Waals surface area (Å²) in [6, 6.07) is 2.57. The zero-order chi connectivity index (χ0) is 12.5. The van der Waals surface area contributed by atoms with E-state index >= 15 is 0 Å². The first-order chi connectivity index (χ1) is 8.74. The van der Waals surface area contributed by atoms with Crippen LogP contribution in [0.2, 0.25) is 0 Å². The van der Waals surface area contributed by atoms with Gasteiger partial charge >= 0.3 is 0 Å². The van der Waals surface area contributed by atoms with Crippen LogP contribution in [0.1, 0.15) is 31.2 Å². The van der Waals surface area contributed by atoms with Crippen molar-refractivity contribution in [3.63, 3.8) is 0 Å². The summed E-state index contributed by atoms with van der Waals surface area (Å²) in [5.41, 5.74) is 1.19. The van der Waals surface area contributed by atoms with Crippen LogP contribution in [0, 0.1) is 5.92 Å². The van der Waals surface area contributed by atoms with Gasteiger partial charge in [0.2, 0.25) is 0 Å². The number of aliphatic hydroxyl groups is 1. The Morgan fingerprint density at radius 1 is 1.56 bits per heavy atom. The molecule has 1 unspecified atom stereocenters. The van der Waals surface area contributed by atoms with Crippen molar-refractivity contribution >= 4 is 0 Å². The van der Waals surface area contributed by atoms with Crippen LogP contribution in [0.15, 0.2) is 18.5 Å². The van der Waals surface area contributed by atoms with Crippen LogP contribution >= 0.6 is 0 Å². The molecule has 1 aliphatic heterocycles. The van der Waals surface area contributed by atoms with Gasteiger partial charge in [-0.1, -0.05) is 0 Å². The Morgan fingerprint density at radius 3 is 3.00 bits per heavy atom. The van der Waals surface area contributed by atoms with E-state index in [4.69, 9.17) is 4.74 Å². The number of hydrogen-bond acceptors (Lipinski definition) is 4. The maximum Gasteiger partial charge on any atom is 0.137 e. The van der Waals surface area contributed by atoms with Crippen LogP contribution in [-0.4, -0.2) is 35.4 Å². The largest absolute Gasteiger partial charge is 0.490 e. The molecule has 2 aliphatic rings. The lowest BCUT2D eigenvalue weighted by molar-refractivity contribution is 0.168. The topological polar surface area (TPSA) is 54.4 Å². The van der Waals surface area contributed by atoms with Gasteiger partial charge in [0.1, 0.15) is 12.4 Å². The lowest BCUT2D eigenvalue weighted by Gasteiger charge is -2.27. The Labute approximate surface area is 107 Å². The van der Waals surface area contributed by atoms with E-state index < -0.39 is 0 Å². The first kappa shape index (κ1) is 11.9. The molecule has 1 aromatic heterocycles. The molecular weight excluding hydrogens is 228 g/mol. The third-order valence-corrected chi connectivity index (χ3v) is 4.00. The summed E-state index contributed by atoms with van der Waals surface area (Å²) >= 11 is 0. The summed E-state index contributed by atoms with van der Waals surface area (Å²) < 4.78 is 5.74. The molecule has 2 fully saturated rings. The van der Waals surface area contributed by atoms with Crippen molar-refractivity contribution in [1.29, 1.82) is 0 Å². The zero-order valence-corrected chi connectivity index (χ0v) is 10.7. The molecule has 0 aromatic carbocycles. The lowest BCUT2D eigenvalue weighted by atomic mass is 10.1. The Balaban J connectivity index is 1.59. The summed E-state index contributed by atoms with van der Waals surface area (Å²) in [5.74, 6) is 1.70. The van der Waals surface area contributed by atoms with Crippen LogP contribution in [0.3, 0.4) is 0 Å². The first-order valence-electron chi connectivity index (χ1n) is 6.73. The molecule has 1 aromatic rings. The maximum atomic E-state index is 9.55.